The Balaban J connectivity index is 0.000000442. The molecule has 0 N–H and O–H groups in total. The summed E-state index contributed by atoms with van der Waals surface area (Å²) in [4.78, 5) is 9.30. The van der Waals surface area contributed by atoms with Crippen molar-refractivity contribution >= 4 is 35.1 Å². The molecule has 2 radical (unpaired) electrons. The van der Waals surface area contributed by atoms with Gasteiger partial charge in [0.05, 0.1) is 5.01 Å². The minimum Gasteiger partial charge on any atom is -0.252 e. The summed E-state index contributed by atoms with van der Waals surface area (Å²) in [6.07, 6.45) is 0. The van der Waals surface area contributed by atoms with Gasteiger partial charge in [0, 0.05) is 0 Å². The molecule has 0 saturated heterocycles. The molecule has 0 unspecified atom stereocenters. The van der Waals surface area contributed by atoms with Crippen molar-refractivity contribution in [2.24, 2.45) is 0 Å². The van der Waals surface area contributed by atoms with E-state index in [0.29, 0.717) is 5.59 Å². The molecule has 80 valence electrons. The lowest BCUT2D eigenvalue weighted by Gasteiger charge is -1.88. The fourth-order valence-electron chi connectivity index (χ4n) is 0.940. The van der Waals surface area contributed by atoms with Crippen molar-refractivity contribution in [1.82, 2.24) is 9.97 Å². The van der Waals surface area contributed by atoms with Crippen LogP contribution in [0, 0.1) is 6.92 Å². The lowest BCUT2D eigenvalue weighted by Crippen LogP contribution is -2.05. The molecular weight excluding hydrogens is 203 g/mol. The van der Waals surface area contributed by atoms with Gasteiger partial charge in [0.2, 0.25) is 0 Å². The number of fused-ring (bicyclic) bond motifs is 1. The summed E-state index contributed by atoms with van der Waals surface area (Å²) < 4.78 is 0. The standard InChI is InChI=1S/C7H5BN2S.2C2H6/c1-4-9-5-2-3-6(8)10-7(5)11-4;2*1-2/h2-3H,1H3;2*1-2H3. The fraction of sp³-hybridized carbons (Fsp3) is 0.455. The minimum absolute atomic E-state index is 0.557. The highest BCUT2D eigenvalue weighted by Crippen LogP contribution is 2.16. The molecule has 0 aliphatic heterocycles. The van der Waals surface area contributed by atoms with Crippen LogP contribution >= 0.6 is 11.3 Å². The van der Waals surface area contributed by atoms with Gasteiger partial charge in [-0.1, -0.05) is 39.0 Å². The van der Waals surface area contributed by atoms with E-state index >= 15 is 0 Å². The molecule has 4 heteroatoms. The number of hydrogen-bond donors (Lipinski definition) is 0. The monoisotopic (exact) mass is 220 g/mol. The Hall–Kier alpha value is -0.895. The van der Waals surface area contributed by atoms with E-state index < -0.39 is 0 Å². The molecule has 2 rings (SSSR count). The van der Waals surface area contributed by atoms with Crippen molar-refractivity contribution in [2.75, 3.05) is 0 Å². The van der Waals surface area contributed by atoms with Crippen molar-refractivity contribution in [3.8, 4) is 0 Å². The molecular formula is C11H17BN2S. The van der Waals surface area contributed by atoms with Crippen molar-refractivity contribution < 1.29 is 0 Å². The Kier molecular flexibility index (Phi) is 6.96. The second-order valence-corrected chi connectivity index (χ2v) is 3.47. The second kappa shape index (κ2) is 7.40. The molecule has 0 fully saturated rings. The van der Waals surface area contributed by atoms with Crippen LogP contribution < -0.4 is 5.59 Å². The van der Waals surface area contributed by atoms with Gasteiger partial charge in [-0.05, 0) is 24.6 Å². The van der Waals surface area contributed by atoms with E-state index in [2.05, 4.69) is 9.97 Å². The maximum Gasteiger partial charge on any atom is 0.142 e. The van der Waals surface area contributed by atoms with E-state index in [1.165, 1.54) is 0 Å². The predicted molar refractivity (Wildman–Crippen MR) is 70.2 cm³/mol. The quantitative estimate of drug-likeness (QED) is 0.638. The maximum absolute atomic E-state index is 5.50. The summed E-state index contributed by atoms with van der Waals surface area (Å²) in [5, 5.41) is 1.03. The smallest absolute Gasteiger partial charge is 0.142 e. The SMILES string of the molecule is CC.CC.[B]c1ccc2nc(C)sc2n1. The van der Waals surface area contributed by atoms with Gasteiger partial charge in [-0.3, -0.25) is 4.98 Å². The first-order chi connectivity index (χ1) is 7.25. The molecule has 0 atom stereocenters. The Labute approximate surface area is 97.2 Å². The third-order valence-corrected chi connectivity index (χ3v) is 2.26. The van der Waals surface area contributed by atoms with Crippen LogP contribution in [-0.4, -0.2) is 17.8 Å². The minimum atomic E-state index is 0.557. The molecule has 2 aromatic heterocycles. The zero-order chi connectivity index (χ0) is 11.8. The molecule has 0 amide bonds. The lowest BCUT2D eigenvalue weighted by molar-refractivity contribution is 1.34. The highest BCUT2D eigenvalue weighted by atomic mass is 32.1. The number of nitrogens with zero attached hydrogens (tertiary/aromatic N) is 2. The highest BCUT2D eigenvalue weighted by molar-refractivity contribution is 7.18. The zero-order valence-electron chi connectivity index (χ0n) is 10.0. The van der Waals surface area contributed by atoms with E-state index in [-0.39, 0.29) is 0 Å². The highest BCUT2D eigenvalue weighted by Gasteiger charge is 1.99. The van der Waals surface area contributed by atoms with Crippen LogP contribution in [0.2, 0.25) is 0 Å². The molecule has 0 aliphatic rings. The molecule has 0 bridgehead atoms. The maximum atomic E-state index is 5.50. The first-order valence-corrected chi connectivity index (χ1v) is 6.07. The Bertz CT molecular complexity index is 398. The summed E-state index contributed by atoms with van der Waals surface area (Å²) in [5.74, 6) is 0. The zero-order valence-corrected chi connectivity index (χ0v) is 10.9. The summed E-state index contributed by atoms with van der Waals surface area (Å²) in [5.41, 5.74) is 1.49. The number of pyridine rings is 1. The second-order valence-electron chi connectivity index (χ2n) is 2.29. The van der Waals surface area contributed by atoms with Gasteiger partial charge < -0.3 is 0 Å². The van der Waals surface area contributed by atoms with Gasteiger partial charge in [-0.25, -0.2) is 4.98 Å². The van der Waals surface area contributed by atoms with E-state index in [1.54, 1.807) is 17.4 Å². The normalized spacial score (nSPS) is 8.60. The molecule has 0 spiro atoms. The molecule has 0 aliphatic carbocycles. The van der Waals surface area contributed by atoms with Gasteiger partial charge in [-0.2, -0.15) is 0 Å². The molecule has 15 heavy (non-hydrogen) atoms. The summed E-state index contributed by atoms with van der Waals surface area (Å²) in [6, 6.07) is 3.66. The number of rotatable bonds is 0. The largest absolute Gasteiger partial charge is 0.252 e. The van der Waals surface area contributed by atoms with Gasteiger partial charge >= 0.3 is 0 Å². The molecule has 2 aromatic rings. The van der Waals surface area contributed by atoms with E-state index in [9.17, 15) is 0 Å². The first-order valence-electron chi connectivity index (χ1n) is 5.25. The summed E-state index contributed by atoms with van der Waals surface area (Å²) in [6.45, 7) is 9.96. The van der Waals surface area contributed by atoms with Gasteiger partial charge in [0.1, 0.15) is 18.2 Å². The third kappa shape index (κ3) is 4.00. The molecule has 2 heterocycles. The Morgan fingerprint density at radius 3 is 2.27 bits per heavy atom. The topological polar surface area (TPSA) is 25.8 Å². The van der Waals surface area contributed by atoms with Crippen LogP contribution in [0.4, 0.5) is 0 Å². The number of thiazole rings is 1. The first kappa shape index (κ1) is 14.1. The van der Waals surface area contributed by atoms with Gasteiger partial charge in [-0.15, -0.1) is 0 Å². The molecule has 0 aromatic carbocycles. The van der Waals surface area contributed by atoms with Crippen molar-refractivity contribution in [3.63, 3.8) is 0 Å². The fourth-order valence-corrected chi connectivity index (χ4v) is 1.73. The van der Waals surface area contributed by atoms with Crippen molar-refractivity contribution in [3.05, 3.63) is 17.1 Å². The van der Waals surface area contributed by atoms with Crippen LogP contribution in [-0.2, 0) is 0 Å². The number of aryl methyl sites for hydroxylation is 1. The predicted octanol–water partition coefficient (Wildman–Crippen LogP) is 2.85. The van der Waals surface area contributed by atoms with Gasteiger partial charge in [0.15, 0.2) is 0 Å². The van der Waals surface area contributed by atoms with Crippen molar-refractivity contribution in [1.29, 1.82) is 0 Å². The van der Waals surface area contributed by atoms with E-state index in [1.807, 2.05) is 40.7 Å². The molecule has 2 nitrogen and oxygen atoms in total. The third-order valence-electron chi connectivity index (χ3n) is 1.38. The van der Waals surface area contributed by atoms with Crippen LogP contribution in [0.15, 0.2) is 12.1 Å². The lowest BCUT2D eigenvalue weighted by atomic mass is 10.0. The van der Waals surface area contributed by atoms with Crippen LogP contribution in [0.3, 0.4) is 0 Å². The Morgan fingerprint density at radius 2 is 1.67 bits per heavy atom. The van der Waals surface area contributed by atoms with Crippen LogP contribution in [0.1, 0.15) is 32.7 Å². The van der Waals surface area contributed by atoms with Crippen LogP contribution in [0.5, 0.6) is 0 Å². The summed E-state index contributed by atoms with van der Waals surface area (Å²) in [7, 11) is 5.50. The van der Waals surface area contributed by atoms with Gasteiger partial charge in [0.25, 0.3) is 0 Å². The molecule has 0 saturated carbocycles. The van der Waals surface area contributed by atoms with Crippen molar-refractivity contribution in [2.45, 2.75) is 34.6 Å². The number of aromatic nitrogens is 2. The summed E-state index contributed by atoms with van der Waals surface area (Å²) >= 11 is 1.56. The Morgan fingerprint density at radius 1 is 1.07 bits per heavy atom. The number of hydrogen-bond acceptors (Lipinski definition) is 3. The van der Waals surface area contributed by atoms with Crippen LogP contribution in [0.25, 0.3) is 10.3 Å². The van der Waals surface area contributed by atoms with E-state index in [4.69, 9.17) is 7.85 Å². The average Bonchev–Trinajstić information content (AvgIpc) is 2.63. The van der Waals surface area contributed by atoms with E-state index in [0.717, 1.165) is 15.4 Å². The average molecular weight is 220 g/mol.